The zero-order valence-electron chi connectivity index (χ0n) is 12.4. The number of guanidine groups is 1. The molecule has 0 radical (unpaired) electrons. The first-order chi connectivity index (χ1) is 9.19. The summed E-state index contributed by atoms with van der Waals surface area (Å²) in [6.07, 6.45) is 2.85. The molecule has 1 unspecified atom stereocenters. The van der Waals surface area contributed by atoms with E-state index in [1.165, 1.54) is 13.0 Å². The summed E-state index contributed by atoms with van der Waals surface area (Å²) in [4.78, 5) is 8.73. The second-order valence-electron chi connectivity index (χ2n) is 5.19. The summed E-state index contributed by atoms with van der Waals surface area (Å²) in [7, 11) is 5.98. The van der Waals surface area contributed by atoms with Crippen molar-refractivity contribution < 1.29 is 4.52 Å². The van der Waals surface area contributed by atoms with Gasteiger partial charge in [0, 0.05) is 33.3 Å². The average Bonchev–Trinajstić information content (AvgIpc) is 3.02. The lowest BCUT2D eigenvalue weighted by atomic mass is 10.1. The van der Waals surface area contributed by atoms with Crippen molar-refractivity contribution in [3.8, 4) is 0 Å². The fourth-order valence-corrected chi connectivity index (χ4v) is 2.45. The fraction of sp³-hybridized carbons (Fsp3) is 0.692. The van der Waals surface area contributed by atoms with Gasteiger partial charge in [0.15, 0.2) is 5.96 Å². The third-order valence-electron chi connectivity index (χ3n) is 3.50. The van der Waals surface area contributed by atoms with Crippen LogP contribution < -0.4 is 5.32 Å². The average molecular weight is 393 g/mol. The Morgan fingerprint density at radius 1 is 1.65 bits per heavy atom. The van der Waals surface area contributed by atoms with E-state index in [1.807, 2.05) is 20.2 Å². The molecule has 0 spiro atoms. The molecule has 2 rings (SSSR count). The van der Waals surface area contributed by atoms with Crippen LogP contribution in [0.4, 0.5) is 0 Å². The summed E-state index contributed by atoms with van der Waals surface area (Å²) in [5.41, 5.74) is 0.908. The van der Waals surface area contributed by atoms with Gasteiger partial charge in [0.05, 0.1) is 6.54 Å². The molecule has 0 amide bonds. The van der Waals surface area contributed by atoms with Crippen LogP contribution in [-0.4, -0.2) is 61.7 Å². The number of halogens is 1. The molecule has 1 aromatic rings. The Morgan fingerprint density at radius 3 is 3.00 bits per heavy atom. The van der Waals surface area contributed by atoms with Crippen molar-refractivity contribution in [3.05, 3.63) is 18.0 Å². The van der Waals surface area contributed by atoms with E-state index in [0.29, 0.717) is 12.5 Å². The number of nitrogens with zero attached hydrogens (tertiary/aromatic N) is 4. The van der Waals surface area contributed by atoms with Gasteiger partial charge in [-0.15, -0.1) is 24.0 Å². The van der Waals surface area contributed by atoms with Gasteiger partial charge in [-0.2, -0.15) is 0 Å². The molecule has 1 aromatic heterocycles. The number of aromatic nitrogens is 1. The molecule has 1 N–H and O–H groups in total. The van der Waals surface area contributed by atoms with Crippen molar-refractivity contribution in [1.29, 1.82) is 0 Å². The number of aliphatic imine (C=N–C) groups is 1. The van der Waals surface area contributed by atoms with Crippen LogP contribution in [0.15, 0.2) is 21.8 Å². The molecule has 1 fully saturated rings. The van der Waals surface area contributed by atoms with Gasteiger partial charge in [0.2, 0.25) is 0 Å². The Hall–Kier alpha value is -0.830. The normalized spacial score (nSPS) is 19.8. The molecule has 1 atom stereocenters. The van der Waals surface area contributed by atoms with Crippen molar-refractivity contribution in [1.82, 2.24) is 20.3 Å². The molecule has 1 aliphatic rings. The first kappa shape index (κ1) is 17.2. The standard InChI is InChI=1S/C13H23N5O.HI/c1-14-13(15-8-11-4-6-17(2)9-11)18(3)10-12-5-7-19-16-12;/h5,7,11H,4,6,8-10H2,1-3H3,(H,14,15);1H. The van der Waals surface area contributed by atoms with Crippen LogP contribution in [0.5, 0.6) is 0 Å². The summed E-state index contributed by atoms with van der Waals surface area (Å²) in [6, 6.07) is 1.87. The molecule has 20 heavy (non-hydrogen) atoms. The number of hydrogen-bond donors (Lipinski definition) is 1. The predicted octanol–water partition coefficient (Wildman–Crippen LogP) is 1.25. The fourth-order valence-electron chi connectivity index (χ4n) is 2.45. The summed E-state index contributed by atoms with van der Waals surface area (Å²) < 4.78 is 4.84. The number of nitrogens with one attached hydrogen (secondary N) is 1. The second kappa shape index (κ2) is 8.46. The number of hydrogen-bond acceptors (Lipinski definition) is 4. The minimum atomic E-state index is 0. The topological polar surface area (TPSA) is 56.9 Å². The minimum Gasteiger partial charge on any atom is -0.364 e. The maximum Gasteiger partial charge on any atom is 0.193 e. The van der Waals surface area contributed by atoms with Crippen molar-refractivity contribution in [2.75, 3.05) is 40.8 Å². The second-order valence-corrected chi connectivity index (χ2v) is 5.19. The molecule has 1 saturated heterocycles. The Morgan fingerprint density at radius 2 is 2.45 bits per heavy atom. The number of rotatable bonds is 4. The van der Waals surface area contributed by atoms with Gasteiger partial charge in [-0.05, 0) is 25.9 Å². The highest BCUT2D eigenvalue weighted by Crippen LogP contribution is 2.13. The highest BCUT2D eigenvalue weighted by Gasteiger charge is 2.20. The Kier molecular flexibility index (Phi) is 7.28. The molecule has 0 aromatic carbocycles. The summed E-state index contributed by atoms with van der Waals surface area (Å²) in [5.74, 6) is 1.61. The van der Waals surface area contributed by atoms with Crippen LogP contribution in [0.1, 0.15) is 12.1 Å². The van der Waals surface area contributed by atoms with E-state index in [2.05, 4.69) is 32.3 Å². The lowest BCUT2D eigenvalue weighted by Crippen LogP contribution is -2.41. The van der Waals surface area contributed by atoms with Crippen LogP contribution >= 0.6 is 24.0 Å². The first-order valence-electron chi connectivity index (χ1n) is 6.68. The van der Waals surface area contributed by atoms with Crippen molar-refractivity contribution >= 4 is 29.9 Å². The molecule has 114 valence electrons. The molecule has 6 nitrogen and oxygen atoms in total. The van der Waals surface area contributed by atoms with Crippen LogP contribution in [0.25, 0.3) is 0 Å². The highest BCUT2D eigenvalue weighted by molar-refractivity contribution is 14.0. The van der Waals surface area contributed by atoms with Gasteiger partial charge in [0.25, 0.3) is 0 Å². The first-order valence-corrected chi connectivity index (χ1v) is 6.68. The van der Waals surface area contributed by atoms with Gasteiger partial charge >= 0.3 is 0 Å². The van der Waals surface area contributed by atoms with Gasteiger partial charge in [-0.1, -0.05) is 5.16 Å². The third-order valence-corrected chi connectivity index (χ3v) is 3.50. The van der Waals surface area contributed by atoms with Gasteiger partial charge in [-0.3, -0.25) is 4.99 Å². The Labute approximate surface area is 137 Å². The maximum absolute atomic E-state index is 4.84. The Bertz CT molecular complexity index is 409. The lowest BCUT2D eigenvalue weighted by Gasteiger charge is -2.22. The summed E-state index contributed by atoms with van der Waals surface area (Å²) >= 11 is 0. The lowest BCUT2D eigenvalue weighted by molar-refractivity contribution is 0.383. The molecule has 7 heteroatoms. The molecule has 2 heterocycles. The van der Waals surface area contributed by atoms with Crippen molar-refractivity contribution in [2.45, 2.75) is 13.0 Å². The van der Waals surface area contributed by atoms with Crippen LogP contribution in [-0.2, 0) is 6.54 Å². The van der Waals surface area contributed by atoms with Crippen LogP contribution in [0.3, 0.4) is 0 Å². The quantitative estimate of drug-likeness (QED) is 0.474. The third kappa shape index (κ3) is 4.93. The van der Waals surface area contributed by atoms with E-state index in [4.69, 9.17) is 4.52 Å². The van der Waals surface area contributed by atoms with Gasteiger partial charge in [-0.25, -0.2) is 0 Å². The minimum absolute atomic E-state index is 0. The van der Waals surface area contributed by atoms with Crippen molar-refractivity contribution in [3.63, 3.8) is 0 Å². The summed E-state index contributed by atoms with van der Waals surface area (Å²) in [5, 5.41) is 7.35. The van der Waals surface area contributed by atoms with E-state index in [0.717, 1.165) is 24.7 Å². The highest BCUT2D eigenvalue weighted by atomic mass is 127. The molecular formula is C13H24IN5O. The molecular weight excluding hydrogens is 369 g/mol. The predicted molar refractivity (Wildman–Crippen MR) is 90.4 cm³/mol. The molecule has 0 saturated carbocycles. The van der Waals surface area contributed by atoms with E-state index >= 15 is 0 Å². The van der Waals surface area contributed by atoms with Gasteiger partial charge < -0.3 is 19.6 Å². The SMILES string of the molecule is CN=C(NCC1CCN(C)C1)N(C)Cc1ccon1.I. The largest absolute Gasteiger partial charge is 0.364 e. The smallest absolute Gasteiger partial charge is 0.193 e. The zero-order valence-corrected chi connectivity index (χ0v) is 14.7. The van der Waals surface area contributed by atoms with Crippen molar-refractivity contribution in [2.24, 2.45) is 10.9 Å². The van der Waals surface area contributed by atoms with E-state index in [1.54, 1.807) is 6.26 Å². The molecule has 1 aliphatic heterocycles. The maximum atomic E-state index is 4.84. The van der Waals surface area contributed by atoms with E-state index in [-0.39, 0.29) is 24.0 Å². The van der Waals surface area contributed by atoms with Gasteiger partial charge in [0.1, 0.15) is 12.0 Å². The zero-order chi connectivity index (χ0) is 13.7. The number of likely N-dealkylation sites (tertiary alicyclic amines) is 1. The van der Waals surface area contributed by atoms with Crippen LogP contribution in [0, 0.1) is 5.92 Å². The Balaban J connectivity index is 0.00000200. The molecule has 0 bridgehead atoms. The van der Waals surface area contributed by atoms with E-state index in [9.17, 15) is 0 Å². The van der Waals surface area contributed by atoms with E-state index < -0.39 is 0 Å². The van der Waals surface area contributed by atoms with Crippen LogP contribution in [0.2, 0.25) is 0 Å². The molecule has 0 aliphatic carbocycles. The monoisotopic (exact) mass is 393 g/mol. The summed E-state index contributed by atoms with van der Waals surface area (Å²) in [6.45, 7) is 4.03.